The molecule has 108 valence electrons. The van der Waals surface area contributed by atoms with Crippen LogP contribution in [0.3, 0.4) is 0 Å². The number of non-ortho nitro benzene ring substituents is 1. The number of carbonyl (C=O) groups is 1. The van der Waals surface area contributed by atoms with Crippen molar-refractivity contribution in [2.75, 3.05) is 11.1 Å². The Balaban J connectivity index is 2.13. The Hall–Kier alpha value is -2.89. The van der Waals surface area contributed by atoms with Gasteiger partial charge in [0.15, 0.2) is 0 Å². The van der Waals surface area contributed by atoms with Gasteiger partial charge >= 0.3 is 0 Å². The van der Waals surface area contributed by atoms with E-state index in [0.29, 0.717) is 16.9 Å². The molecule has 0 radical (unpaired) electrons. The summed E-state index contributed by atoms with van der Waals surface area (Å²) in [6.07, 6.45) is 0. The Kier molecular flexibility index (Phi) is 4.18. The van der Waals surface area contributed by atoms with Crippen LogP contribution in [0.4, 0.5) is 17.1 Å². The van der Waals surface area contributed by atoms with Crippen molar-refractivity contribution in [2.24, 2.45) is 0 Å². The van der Waals surface area contributed by atoms with E-state index in [4.69, 9.17) is 5.73 Å². The zero-order valence-corrected chi connectivity index (χ0v) is 11.4. The van der Waals surface area contributed by atoms with Gasteiger partial charge in [-0.3, -0.25) is 14.9 Å². The highest BCUT2D eigenvalue weighted by Gasteiger charge is 2.17. The molecule has 1 amide bonds. The molecule has 2 aromatic rings. The molecule has 1 atom stereocenters. The molecule has 0 fully saturated rings. The first-order valence-electron chi connectivity index (χ1n) is 6.38. The van der Waals surface area contributed by atoms with E-state index in [9.17, 15) is 14.9 Å². The van der Waals surface area contributed by atoms with Crippen molar-refractivity contribution < 1.29 is 9.72 Å². The maximum Gasteiger partial charge on any atom is 0.269 e. The van der Waals surface area contributed by atoms with Crippen molar-refractivity contribution in [1.29, 1.82) is 0 Å². The molecule has 6 heteroatoms. The van der Waals surface area contributed by atoms with E-state index in [1.165, 1.54) is 12.1 Å². The summed E-state index contributed by atoms with van der Waals surface area (Å²) in [5.74, 6) is -0.734. The van der Waals surface area contributed by atoms with E-state index < -0.39 is 10.8 Å². The first kappa shape index (κ1) is 14.5. The minimum absolute atomic E-state index is 0.0281. The maximum atomic E-state index is 12.2. The summed E-state index contributed by atoms with van der Waals surface area (Å²) in [4.78, 5) is 22.5. The lowest BCUT2D eigenvalue weighted by Crippen LogP contribution is -2.18. The first-order valence-corrected chi connectivity index (χ1v) is 6.38. The number of nitro benzene ring substituents is 1. The molecule has 2 aromatic carbocycles. The molecule has 0 saturated heterocycles. The van der Waals surface area contributed by atoms with E-state index in [1.54, 1.807) is 43.3 Å². The number of carbonyl (C=O) groups excluding carboxylic acids is 1. The number of amides is 1. The van der Waals surface area contributed by atoms with E-state index in [2.05, 4.69) is 5.32 Å². The van der Waals surface area contributed by atoms with Crippen LogP contribution in [-0.4, -0.2) is 10.8 Å². The summed E-state index contributed by atoms with van der Waals surface area (Å²) in [5, 5.41) is 13.5. The molecule has 1 unspecified atom stereocenters. The predicted octanol–water partition coefficient (Wildman–Crippen LogP) is 2.92. The van der Waals surface area contributed by atoms with Crippen molar-refractivity contribution in [3.8, 4) is 0 Å². The molecule has 0 bridgehead atoms. The van der Waals surface area contributed by atoms with Crippen LogP contribution < -0.4 is 11.1 Å². The molecule has 3 N–H and O–H groups in total. The van der Waals surface area contributed by atoms with Crippen molar-refractivity contribution in [1.82, 2.24) is 0 Å². The van der Waals surface area contributed by atoms with Crippen molar-refractivity contribution >= 4 is 23.0 Å². The minimum atomic E-state index is -0.498. The number of hydrogen-bond donors (Lipinski definition) is 2. The topological polar surface area (TPSA) is 98.3 Å². The van der Waals surface area contributed by atoms with Gasteiger partial charge in [-0.1, -0.05) is 12.1 Å². The molecule has 2 rings (SSSR count). The zero-order valence-electron chi connectivity index (χ0n) is 11.4. The van der Waals surface area contributed by atoms with Gasteiger partial charge in [0.2, 0.25) is 5.91 Å². The van der Waals surface area contributed by atoms with E-state index >= 15 is 0 Å². The van der Waals surface area contributed by atoms with Gasteiger partial charge in [-0.15, -0.1) is 0 Å². The zero-order chi connectivity index (χ0) is 15.4. The molecule has 0 heterocycles. The molecular weight excluding hydrogens is 270 g/mol. The third kappa shape index (κ3) is 3.56. The van der Waals surface area contributed by atoms with Gasteiger partial charge in [-0.2, -0.15) is 0 Å². The van der Waals surface area contributed by atoms with Crippen LogP contribution in [0.25, 0.3) is 0 Å². The molecule has 0 aromatic heterocycles. The van der Waals surface area contributed by atoms with Crippen LogP contribution in [0.15, 0.2) is 48.5 Å². The Morgan fingerprint density at radius 1 is 1.24 bits per heavy atom. The molecule has 0 aliphatic heterocycles. The van der Waals surface area contributed by atoms with Crippen LogP contribution in [-0.2, 0) is 4.79 Å². The summed E-state index contributed by atoms with van der Waals surface area (Å²) in [7, 11) is 0. The van der Waals surface area contributed by atoms with Crippen LogP contribution in [0.1, 0.15) is 18.4 Å². The fraction of sp³-hybridized carbons (Fsp3) is 0.133. The van der Waals surface area contributed by atoms with Gasteiger partial charge in [0, 0.05) is 23.5 Å². The maximum absolute atomic E-state index is 12.2. The second-order valence-electron chi connectivity index (χ2n) is 4.69. The van der Waals surface area contributed by atoms with Crippen LogP contribution >= 0.6 is 0 Å². The van der Waals surface area contributed by atoms with E-state index in [0.717, 1.165) is 0 Å². The lowest BCUT2D eigenvalue weighted by Gasteiger charge is -2.12. The van der Waals surface area contributed by atoms with E-state index in [1.807, 2.05) is 0 Å². The molecular formula is C15H15N3O3. The quantitative estimate of drug-likeness (QED) is 0.512. The fourth-order valence-electron chi connectivity index (χ4n) is 1.88. The number of nitrogen functional groups attached to an aromatic ring is 1. The lowest BCUT2D eigenvalue weighted by atomic mass is 9.99. The fourth-order valence-corrected chi connectivity index (χ4v) is 1.88. The molecule has 0 saturated carbocycles. The third-order valence-corrected chi connectivity index (χ3v) is 3.15. The third-order valence-electron chi connectivity index (χ3n) is 3.15. The lowest BCUT2D eigenvalue weighted by molar-refractivity contribution is -0.384. The van der Waals surface area contributed by atoms with Gasteiger partial charge in [-0.05, 0) is 36.8 Å². The Morgan fingerprint density at radius 2 is 1.90 bits per heavy atom. The van der Waals surface area contributed by atoms with Crippen LogP contribution in [0, 0.1) is 10.1 Å². The normalized spacial score (nSPS) is 11.7. The molecule has 0 spiro atoms. The number of hydrogen-bond acceptors (Lipinski definition) is 4. The monoisotopic (exact) mass is 285 g/mol. The number of anilines is 2. The standard InChI is InChI=1S/C15H15N3O3/c1-10(11-3-2-4-14(9-11)18(20)21)15(19)17-13-7-5-12(16)6-8-13/h2-10H,16H2,1H3,(H,17,19). The number of rotatable bonds is 4. The smallest absolute Gasteiger partial charge is 0.269 e. The highest BCUT2D eigenvalue weighted by molar-refractivity contribution is 5.95. The first-order chi connectivity index (χ1) is 9.97. The highest BCUT2D eigenvalue weighted by atomic mass is 16.6. The van der Waals surface area contributed by atoms with Crippen molar-refractivity contribution in [3.63, 3.8) is 0 Å². The number of nitro groups is 1. The summed E-state index contributed by atoms with van der Waals surface area (Å²) in [6, 6.07) is 12.9. The van der Waals surface area contributed by atoms with Crippen LogP contribution in [0.2, 0.25) is 0 Å². The molecule has 6 nitrogen and oxygen atoms in total. The van der Waals surface area contributed by atoms with Gasteiger partial charge in [0.1, 0.15) is 0 Å². The van der Waals surface area contributed by atoms with Gasteiger partial charge in [0.25, 0.3) is 5.69 Å². The molecule has 0 aliphatic carbocycles. The van der Waals surface area contributed by atoms with E-state index in [-0.39, 0.29) is 11.6 Å². The van der Waals surface area contributed by atoms with Gasteiger partial charge < -0.3 is 11.1 Å². The van der Waals surface area contributed by atoms with Crippen molar-refractivity contribution in [2.45, 2.75) is 12.8 Å². The molecule has 0 aliphatic rings. The highest BCUT2D eigenvalue weighted by Crippen LogP contribution is 2.22. The summed E-state index contributed by atoms with van der Waals surface area (Å²) in [5.41, 5.74) is 7.39. The average molecular weight is 285 g/mol. The Bertz CT molecular complexity index is 668. The Labute approximate surface area is 121 Å². The number of nitrogens with two attached hydrogens (primary N) is 1. The second-order valence-corrected chi connectivity index (χ2v) is 4.69. The van der Waals surface area contributed by atoms with Crippen molar-refractivity contribution in [3.05, 3.63) is 64.2 Å². The minimum Gasteiger partial charge on any atom is -0.399 e. The van der Waals surface area contributed by atoms with Gasteiger partial charge in [0.05, 0.1) is 10.8 Å². The summed E-state index contributed by atoms with van der Waals surface area (Å²) in [6.45, 7) is 1.70. The number of nitrogens with one attached hydrogen (secondary N) is 1. The summed E-state index contributed by atoms with van der Waals surface area (Å²) < 4.78 is 0. The molecule has 21 heavy (non-hydrogen) atoms. The van der Waals surface area contributed by atoms with Crippen LogP contribution in [0.5, 0.6) is 0 Å². The SMILES string of the molecule is CC(C(=O)Nc1ccc(N)cc1)c1cccc([N+](=O)[O-])c1. The average Bonchev–Trinajstić information content (AvgIpc) is 2.49. The number of benzene rings is 2. The summed E-state index contributed by atoms with van der Waals surface area (Å²) >= 11 is 0. The second kappa shape index (κ2) is 6.04. The van der Waals surface area contributed by atoms with Gasteiger partial charge in [-0.25, -0.2) is 0 Å². The Morgan fingerprint density at radius 3 is 2.52 bits per heavy atom. The number of nitrogens with zero attached hydrogens (tertiary/aromatic N) is 1. The largest absolute Gasteiger partial charge is 0.399 e. The predicted molar refractivity (Wildman–Crippen MR) is 81.0 cm³/mol.